The van der Waals surface area contributed by atoms with Gasteiger partial charge < -0.3 is 4.90 Å². The zero-order valence-corrected chi connectivity index (χ0v) is 20.8. The van der Waals surface area contributed by atoms with Crippen molar-refractivity contribution < 1.29 is 14.4 Å². The standard InChI is InChI=1S/C32H30N2O3/c35-29(33(22-24-12-4-1-5-13-24)23-25-14-6-2-7-15-25)20-8-3-9-21-34-31(36)27-18-10-16-26-17-11-19-28(30(26)27)32(34)37/h1-2,4-7,10-19H,3,8-9,20-23H2. The van der Waals surface area contributed by atoms with E-state index in [0.29, 0.717) is 50.0 Å². The number of imide groups is 1. The molecule has 1 aliphatic rings. The molecule has 0 aromatic heterocycles. The van der Waals surface area contributed by atoms with Crippen LogP contribution in [0.5, 0.6) is 0 Å². The van der Waals surface area contributed by atoms with E-state index in [4.69, 9.17) is 0 Å². The molecule has 37 heavy (non-hydrogen) atoms. The third kappa shape index (κ3) is 5.46. The van der Waals surface area contributed by atoms with E-state index in [9.17, 15) is 14.4 Å². The lowest BCUT2D eigenvalue weighted by Gasteiger charge is -2.27. The molecule has 5 rings (SSSR count). The number of nitrogens with zero attached hydrogens (tertiary/aromatic N) is 2. The maximum absolute atomic E-state index is 13.2. The van der Waals surface area contributed by atoms with E-state index < -0.39 is 0 Å². The van der Waals surface area contributed by atoms with Gasteiger partial charge in [-0.2, -0.15) is 0 Å². The van der Waals surface area contributed by atoms with Crippen LogP contribution in [0.3, 0.4) is 0 Å². The molecule has 0 radical (unpaired) electrons. The molecule has 186 valence electrons. The van der Waals surface area contributed by atoms with Crippen molar-refractivity contribution in [3.63, 3.8) is 0 Å². The highest BCUT2D eigenvalue weighted by Crippen LogP contribution is 2.30. The SMILES string of the molecule is O=C(CCCCCN1C(=O)c2cccc3cccc(c23)C1=O)N(Cc1ccccc1)Cc1ccccc1. The fraction of sp³-hybridized carbons (Fsp3) is 0.219. The zero-order chi connectivity index (χ0) is 25.6. The van der Waals surface area contributed by atoms with Gasteiger partial charge in [-0.25, -0.2) is 0 Å². The van der Waals surface area contributed by atoms with E-state index in [-0.39, 0.29) is 17.7 Å². The number of rotatable bonds is 10. The van der Waals surface area contributed by atoms with Gasteiger partial charge in [-0.3, -0.25) is 19.3 Å². The molecule has 5 heteroatoms. The maximum Gasteiger partial charge on any atom is 0.261 e. The first-order valence-electron chi connectivity index (χ1n) is 12.9. The molecule has 4 aromatic carbocycles. The summed E-state index contributed by atoms with van der Waals surface area (Å²) in [5.41, 5.74) is 3.37. The van der Waals surface area contributed by atoms with Gasteiger partial charge in [0.25, 0.3) is 11.8 Å². The quantitative estimate of drug-likeness (QED) is 0.196. The zero-order valence-electron chi connectivity index (χ0n) is 20.8. The minimum absolute atomic E-state index is 0.110. The predicted octanol–water partition coefficient (Wildman–Crippen LogP) is 6.23. The van der Waals surface area contributed by atoms with Crippen LogP contribution in [0.25, 0.3) is 10.8 Å². The Kier molecular flexibility index (Phi) is 7.41. The number of unbranched alkanes of at least 4 members (excludes halogenated alkanes) is 2. The van der Waals surface area contributed by atoms with E-state index in [0.717, 1.165) is 28.3 Å². The number of hydrogen-bond donors (Lipinski definition) is 0. The van der Waals surface area contributed by atoms with Crippen LogP contribution < -0.4 is 0 Å². The number of amides is 3. The van der Waals surface area contributed by atoms with Crippen molar-refractivity contribution in [1.82, 2.24) is 9.80 Å². The van der Waals surface area contributed by atoms with Crippen molar-refractivity contribution in [2.45, 2.75) is 38.8 Å². The lowest BCUT2D eigenvalue weighted by molar-refractivity contribution is -0.132. The monoisotopic (exact) mass is 490 g/mol. The Labute approximate surface area is 217 Å². The Morgan fingerprint density at radius 3 is 1.70 bits per heavy atom. The average molecular weight is 491 g/mol. The van der Waals surface area contributed by atoms with Crippen molar-refractivity contribution in [2.24, 2.45) is 0 Å². The van der Waals surface area contributed by atoms with Gasteiger partial charge in [0.15, 0.2) is 0 Å². The van der Waals surface area contributed by atoms with E-state index in [1.54, 1.807) is 12.1 Å². The number of carbonyl (C=O) groups excluding carboxylic acids is 3. The van der Waals surface area contributed by atoms with Crippen LogP contribution in [-0.4, -0.2) is 34.1 Å². The van der Waals surface area contributed by atoms with Gasteiger partial charge in [0.1, 0.15) is 0 Å². The smallest absolute Gasteiger partial charge is 0.261 e. The molecule has 0 saturated heterocycles. The van der Waals surface area contributed by atoms with Crippen molar-refractivity contribution >= 4 is 28.5 Å². The van der Waals surface area contributed by atoms with Gasteiger partial charge in [-0.1, -0.05) is 91.3 Å². The molecule has 0 N–H and O–H groups in total. The third-order valence-corrected chi connectivity index (χ3v) is 6.91. The van der Waals surface area contributed by atoms with Crippen molar-refractivity contribution in [3.05, 3.63) is 119 Å². The maximum atomic E-state index is 13.2. The Morgan fingerprint density at radius 1 is 0.622 bits per heavy atom. The summed E-state index contributed by atoms with van der Waals surface area (Å²) in [5, 5.41) is 1.66. The van der Waals surface area contributed by atoms with Crippen LogP contribution in [0.4, 0.5) is 0 Å². The predicted molar refractivity (Wildman–Crippen MR) is 145 cm³/mol. The molecular formula is C32H30N2O3. The highest BCUT2D eigenvalue weighted by Gasteiger charge is 2.32. The molecule has 0 unspecified atom stereocenters. The van der Waals surface area contributed by atoms with Gasteiger partial charge in [-0.15, -0.1) is 0 Å². The summed E-state index contributed by atoms with van der Waals surface area (Å²) in [6.07, 6.45) is 2.57. The van der Waals surface area contributed by atoms with Gasteiger partial charge >= 0.3 is 0 Å². The Balaban J connectivity index is 1.17. The molecule has 0 aliphatic carbocycles. The molecule has 0 saturated carbocycles. The van der Waals surface area contributed by atoms with Gasteiger partial charge in [0.05, 0.1) is 0 Å². The van der Waals surface area contributed by atoms with Crippen molar-refractivity contribution in [1.29, 1.82) is 0 Å². The second-order valence-corrected chi connectivity index (χ2v) is 9.50. The van der Waals surface area contributed by atoms with Crippen LogP contribution in [-0.2, 0) is 17.9 Å². The second kappa shape index (κ2) is 11.2. The van der Waals surface area contributed by atoms with Crippen LogP contribution >= 0.6 is 0 Å². The average Bonchev–Trinajstić information content (AvgIpc) is 2.93. The molecular weight excluding hydrogens is 460 g/mol. The first-order valence-corrected chi connectivity index (χ1v) is 12.9. The summed E-state index contributed by atoms with van der Waals surface area (Å²) in [4.78, 5) is 42.6. The molecule has 4 aromatic rings. The molecule has 0 fully saturated rings. The summed E-state index contributed by atoms with van der Waals surface area (Å²) in [6, 6.07) is 31.2. The largest absolute Gasteiger partial charge is 0.334 e. The van der Waals surface area contributed by atoms with E-state index in [1.807, 2.05) is 89.8 Å². The van der Waals surface area contributed by atoms with Gasteiger partial charge in [0.2, 0.25) is 5.91 Å². The minimum atomic E-state index is -0.234. The van der Waals surface area contributed by atoms with E-state index in [1.165, 1.54) is 4.90 Å². The molecule has 5 nitrogen and oxygen atoms in total. The lowest BCUT2D eigenvalue weighted by atomic mass is 9.94. The molecule has 0 spiro atoms. The van der Waals surface area contributed by atoms with E-state index >= 15 is 0 Å². The second-order valence-electron chi connectivity index (χ2n) is 9.50. The van der Waals surface area contributed by atoms with Crippen LogP contribution in [0.15, 0.2) is 97.1 Å². The minimum Gasteiger partial charge on any atom is -0.334 e. The molecule has 3 amide bonds. The van der Waals surface area contributed by atoms with Gasteiger partial charge in [-0.05, 0) is 41.5 Å². The summed E-state index contributed by atoms with van der Waals surface area (Å²) >= 11 is 0. The summed E-state index contributed by atoms with van der Waals surface area (Å²) in [5.74, 6) is -0.358. The summed E-state index contributed by atoms with van der Waals surface area (Å²) in [6.45, 7) is 1.49. The topological polar surface area (TPSA) is 57.7 Å². The van der Waals surface area contributed by atoms with Gasteiger partial charge in [0, 0.05) is 42.6 Å². The van der Waals surface area contributed by atoms with E-state index in [2.05, 4.69) is 0 Å². The highest BCUT2D eigenvalue weighted by atomic mass is 16.2. The number of benzene rings is 4. The lowest BCUT2D eigenvalue weighted by Crippen LogP contribution is -2.40. The first kappa shape index (κ1) is 24.4. The Bertz CT molecular complexity index is 1320. The third-order valence-electron chi connectivity index (χ3n) is 6.91. The van der Waals surface area contributed by atoms with Crippen LogP contribution in [0.2, 0.25) is 0 Å². The van der Waals surface area contributed by atoms with Crippen LogP contribution in [0.1, 0.15) is 57.5 Å². The Hall–Kier alpha value is -4.25. The number of hydrogen-bond acceptors (Lipinski definition) is 3. The highest BCUT2D eigenvalue weighted by molar-refractivity contribution is 6.25. The summed E-state index contributed by atoms with van der Waals surface area (Å²) < 4.78 is 0. The fourth-order valence-electron chi connectivity index (χ4n) is 5.00. The van der Waals surface area contributed by atoms with Crippen molar-refractivity contribution in [2.75, 3.05) is 6.54 Å². The normalized spacial score (nSPS) is 12.7. The fourth-order valence-corrected chi connectivity index (χ4v) is 5.00. The molecule has 1 heterocycles. The molecule has 0 bridgehead atoms. The van der Waals surface area contributed by atoms with Crippen molar-refractivity contribution in [3.8, 4) is 0 Å². The molecule has 1 aliphatic heterocycles. The van der Waals surface area contributed by atoms with Crippen LogP contribution in [0, 0.1) is 0 Å². The first-order chi connectivity index (χ1) is 18.1. The summed E-state index contributed by atoms with van der Waals surface area (Å²) in [7, 11) is 0. The number of carbonyl (C=O) groups is 3. The molecule has 0 atom stereocenters. The Morgan fingerprint density at radius 2 is 1.16 bits per heavy atom.